The molecule has 0 aliphatic rings. The van der Waals surface area contributed by atoms with Gasteiger partial charge in [-0.3, -0.25) is 10.1 Å². The van der Waals surface area contributed by atoms with Crippen molar-refractivity contribution in [2.24, 2.45) is 0 Å². The smallest absolute Gasteiger partial charge is 0.276 e. The summed E-state index contributed by atoms with van der Waals surface area (Å²) >= 11 is 0. The Bertz CT molecular complexity index is 476. The van der Waals surface area contributed by atoms with Crippen LogP contribution in [0.1, 0.15) is 6.92 Å². The van der Waals surface area contributed by atoms with Crippen LogP contribution in [-0.2, 0) is 0 Å². The minimum Gasteiger partial charge on any atom is -0.387 e. The van der Waals surface area contributed by atoms with E-state index < -0.39 is 10.5 Å². The third kappa shape index (κ3) is 4.98. The molecule has 1 aromatic heterocycles. The van der Waals surface area contributed by atoms with Crippen molar-refractivity contribution in [1.82, 2.24) is 9.88 Å². The van der Waals surface area contributed by atoms with E-state index in [0.717, 1.165) is 0 Å². The molecule has 8 nitrogen and oxygen atoms in total. The minimum atomic E-state index is -0.963. The maximum Gasteiger partial charge on any atom is 0.276 e. The predicted molar refractivity (Wildman–Crippen MR) is 78.1 cm³/mol. The standard InChI is InChI=1S/C12H21N5O3/c1-12(18,8-16(3)4)7-14-11-6-9(17(19)20)5-10(13-2)15-11/h5-6,18H,7-8H2,1-4H3,(H2,13,14,15). The van der Waals surface area contributed by atoms with Crippen molar-refractivity contribution < 1.29 is 10.0 Å². The SMILES string of the molecule is CNc1cc([N+](=O)[O-])cc(NCC(C)(O)CN(C)C)n1. The lowest BCUT2D eigenvalue weighted by Gasteiger charge is -2.27. The Hall–Kier alpha value is -1.93. The van der Waals surface area contributed by atoms with E-state index in [4.69, 9.17) is 0 Å². The summed E-state index contributed by atoms with van der Waals surface area (Å²) in [7, 11) is 5.36. The van der Waals surface area contributed by atoms with Gasteiger partial charge in [0.2, 0.25) is 0 Å². The second kappa shape index (κ2) is 6.49. The van der Waals surface area contributed by atoms with E-state index in [1.807, 2.05) is 19.0 Å². The van der Waals surface area contributed by atoms with Gasteiger partial charge in [0, 0.05) is 20.1 Å². The van der Waals surface area contributed by atoms with Crippen LogP contribution in [0.2, 0.25) is 0 Å². The van der Waals surface area contributed by atoms with Gasteiger partial charge in [-0.05, 0) is 21.0 Å². The fraction of sp³-hybridized carbons (Fsp3) is 0.583. The maximum absolute atomic E-state index is 10.8. The number of aromatic nitrogens is 1. The van der Waals surface area contributed by atoms with E-state index in [1.54, 1.807) is 14.0 Å². The lowest BCUT2D eigenvalue weighted by Crippen LogP contribution is -2.43. The number of hydrogen-bond donors (Lipinski definition) is 3. The van der Waals surface area contributed by atoms with Crippen LogP contribution in [0.5, 0.6) is 0 Å². The lowest BCUT2D eigenvalue weighted by atomic mass is 10.1. The highest BCUT2D eigenvalue weighted by Crippen LogP contribution is 2.20. The van der Waals surface area contributed by atoms with Crippen LogP contribution < -0.4 is 10.6 Å². The summed E-state index contributed by atoms with van der Waals surface area (Å²) in [6.45, 7) is 2.40. The van der Waals surface area contributed by atoms with Crippen molar-refractivity contribution in [3.63, 3.8) is 0 Å². The fourth-order valence-corrected chi connectivity index (χ4v) is 1.86. The summed E-state index contributed by atoms with van der Waals surface area (Å²) in [5.74, 6) is 0.747. The Labute approximate surface area is 118 Å². The van der Waals surface area contributed by atoms with Crippen molar-refractivity contribution in [2.45, 2.75) is 12.5 Å². The van der Waals surface area contributed by atoms with E-state index in [1.165, 1.54) is 12.1 Å². The number of likely N-dealkylation sites (N-methyl/N-ethyl adjacent to an activating group) is 1. The van der Waals surface area contributed by atoms with Crippen molar-refractivity contribution >= 4 is 17.3 Å². The highest BCUT2D eigenvalue weighted by Gasteiger charge is 2.21. The van der Waals surface area contributed by atoms with Gasteiger partial charge in [-0.15, -0.1) is 0 Å². The number of hydrogen-bond acceptors (Lipinski definition) is 7. The molecule has 1 heterocycles. The predicted octanol–water partition coefficient (Wildman–Crippen LogP) is 0.756. The molecule has 3 N–H and O–H groups in total. The quantitative estimate of drug-likeness (QED) is 0.501. The topological polar surface area (TPSA) is 104 Å². The first-order chi connectivity index (χ1) is 9.23. The second-order valence-electron chi connectivity index (χ2n) is 5.19. The van der Waals surface area contributed by atoms with E-state index in [2.05, 4.69) is 15.6 Å². The third-order valence-electron chi connectivity index (χ3n) is 2.58. The molecule has 0 fully saturated rings. The molecule has 0 saturated carbocycles. The van der Waals surface area contributed by atoms with Gasteiger partial charge in [0.05, 0.1) is 22.7 Å². The molecule has 1 unspecified atom stereocenters. The highest BCUT2D eigenvalue weighted by atomic mass is 16.6. The van der Waals surface area contributed by atoms with Crippen LogP contribution in [0.15, 0.2) is 12.1 Å². The Balaban J connectivity index is 2.82. The summed E-state index contributed by atoms with van der Waals surface area (Å²) in [6, 6.07) is 2.69. The molecule has 0 bridgehead atoms. The average Bonchev–Trinajstić information content (AvgIpc) is 2.34. The number of anilines is 2. The van der Waals surface area contributed by atoms with E-state index in [-0.39, 0.29) is 12.2 Å². The minimum absolute atomic E-state index is 0.0564. The molecule has 1 aromatic rings. The normalized spacial score (nSPS) is 13.9. The first-order valence-electron chi connectivity index (χ1n) is 6.19. The van der Waals surface area contributed by atoms with Crippen LogP contribution in [0.4, 0.5) is 17.3 Å². The molecule has 0 aromatic carbocycles. The zero-order chi connectivity index (χ0) is 15.3. The highest BCUT2D eigenvalue weighted by molar-refractivity contribution is 5.54. The number of pyridine rings is 1. The zero-order valence-corrected chi connectivity index (χ0v) is 12.2. The molecule has 0 aliphatic heterocycles. The Morgan fingerprint density at radius 1 is 1.45 bits per heavy atom. The summed E-state index contributed by atoms with van der Waals surface area (Å²) in [4.78, 5) is 16.4. The zero-order valence-electron chi connectivity index (χ0n) is 12.2. The number of nitrogens with zero attached hydrogens (tertiary/aromatic N) is 3. The largest absolute Gasteiger partial charge is 0.387 e. The summed E-state index contributed by atoms with van der Waals surface area (Å²) in [5.41, 5.74) is -1.02. The number of aliphatic hydroxyl groups is 1. The molecule has 0 radical (unpaired) electrons. The monoisotopic (exact) mass is 283 g/mol. The van der Waals surface area contributed by atoms with Crippen molar-refractivity contribution in [3.05, 3.63) is 22.2 Å². The maximum atomic E-state index is 10.8. The van der Waals surface area contributed by atoms with Crippen LogP contribution in [0, 0.1) is 10.1 Å². The first kappa shape index (κ1) is 16.1. The van der Waals surface area contributed by atoms with Gasteiger partial charge in [0.1, 0.15) is 11.6 Å². The Morgan fingerprint density at radius 2 is 2.05 bits per heavy atom. The van der Waals surface area contributed by atoms with Gasteiger partial charge in [0.15, 0.2) is 0 Å². The summed E-state index contributed by atoms with van der Waals surface area (Å²) in [5, 5.41) is 26.7. The molecule has 0 amide bonds. The second-order valence-corrected chi connectivity index (χ2v) is 5.19. The molecule has 1 atom stereocenters. The fourth-order valence-electron chi connectivity index (χ4n) is 1.86. The van der Waals surface area contributed by atoms with E-state index in [9.17, 15) is 15.2 Å². The molecule has 8 heteroatoms. The number of nitrogens with one attached hydrogen (secondary N) is 2. The van der Waals surface area contributed by atoms with Gasteiger partial charge in [-0.2, -0.15) is 0 Å². The summed E-state index contributed by atoms with van der Waals surface area (Å²) in [6.07, 6.45) is 0. The van der Waals surface area contributed by atoms with Gasteiger partial charge < -0.3 is 20.6 Å². The van der Waals surface area contributed by atoms with Gasteiger partial charge in [0.25, 0.3) is 5.69 Å². The molecule has 0 aliphatic carbocycles. The van der Waals surface area contributed by atoms with Crippen molar-refractivity contribution in [1.29, 1.82) is 0 Å². The van der Waals surface area contributed by atoms with E-state index in [0.29, 0.717) is 18.2 Å². The lowest BCUT2D eigenvalue weighted by molar-refractivity contribution is -0.384. The van der Waals surface area contributed by atoms with Crippen molar-refractivity contribution in [3.8, 4) is 0 Å². The third-order valence-corrected chi connectivity index (χ3v) is 2.58. The van der Waals surface area contributed by atoms with Gasteiger partial charge in [-0.25, -0.2) is 4.98 Å². The molecule has 0 spiro atoms. The molecular weight excluding hydrogens is 262 g/mol. The van der Waals surface area contributed by atoms with Crippen LogP contribution in [0.3, 0.4) is 0 Å². The van der Waals surface area contributed by atoms with Crippen LogP contribution >= 0.6 is 0 Å². The van der Waals surface area contributed by atoms with Crippen LogP contribution in [-0.4, -0.2) is 59.7 Å². The van der Waals surface area contributed by atoms with E-state index >= 15 is 0 Å². The molecule has 1 rings (SSSR count). The molecule has 0 saturated heterocycles. The number of rotatable bonds is 7. The molecule has 112 valence electrons. The molecular formula is C12H21N5O3. The molecule has 20 heavy (non-hydrogen) atoms. The average molecular weight is 283 g/mol. The Kier molecular flexibility index (Phi) is 5.23. The van der Waals surface area contributed by atoms with Crippen LogP contribution in [0.25, 0.3) is 0 Å². The van der Waals surface area contributed by atoms with Gasteiger partial charge in [-0.1, -0.05) is 0 Å². The summed E-state index contributed by atoms with van der Waals surface area (Å²) < 4.78 is 0. The Morgan fingerprint density at radius 3 is 2.55 bits per heavy atom. The van der Waals surface area contributed by atoms with Gasteiger partial charge >= 0.3 is 0 Å². The number of nitro groups is 1. The first-order valence-corrected chi connectivity index (χ1v) is 6.19. The van der Waals surface area contributed by atoms with Crippen molar-refractivity contribution in [2.75, 3.05) is 44.9 Å².